The lowest BCUT2D eigenvalue weighted by Crippen LogP contribution is -2.03. The molecule has 2 aromatic rings. The van der Waals surface area contributed by atoms with Crippen LogP contribution in [0.4, 0.5) is 0 Å². The number of hydrogen-bond donors (Lipinski definition) is 0. The normalized spacial score (nSPS) is 12.6. The molecule has 0 unspecified atom stereocenters. The van der Waals surface area contributed by atoms with E-state index >= 15 is 0 Å². The summed E-state index contributed by atoms with van der Waals surface area (Å²) in [5.41, 5.74) is 2.27. The monoisotopic (exact) mass is 217 g/mol. The van der Waals surface area contributed by atoms with E-state index in [1.54, 1.807) is 6.20 Å². The zero-order chi connectivity index (χ0) is 10.3. The molecule has 15 heavy (non-hydrogen) atoms. The van der Waals surface area contributed by atoms with Gasteiger partial charge >= 0.3 is 0 Å². The highest BCUT2D eigenvalue weighted by Gasteiger charge is 2.17. The van der Waals surface area contributed by atoms with Crippen LogP contribution in [0.25, 0.3) is 0 Å². The third kappa shape index (κ3) is 1.47. The van der Waals surface area contributed by atoms with E-state index in [0.29, 0.717) is 10.9 Å². The number of ether oxygens (including phenoxy) is 1. The molecule has 0 saturated heterocycles. The van der Waals surface area contributed by atoms with Gasteiger partial charge in [0.25, 0.3) is 0 Å². The molecule has 0 atom stereocenters. The fourth-order valence-electron chi connectivity index (χ4n) is 1.73. The van der Waals surface area contributed by atoms with Gasteiger partial charge in [-0.2, -0.15) is 0 Å². The molecule has 0 aliphatic carbocycles. The number of aromatic nitrogens is 1. The Morgan fingerprint density at radius 3 is 3.07 bits per heavy atom. The van der Waals surface area contributed by atoms with Crippen LogP contribution in [0.2, 0.25) is 5.02 Å². The summed E-state index contributed by atoms with van der Waals surface area (Å²) in [6.45, 7) is 0. The minimum absolute atomic E-state index is 0.687. The number of rotatable bonds is 0. The first kappa shape index (κ1) is 8.74. The van der Waals surface area contributed by atoms with Crippen molar-refractivity contribution in [1.82, 2.24) is 4.98 Å². The van der Waals surface area contributed by atoms with Crippen LogP contribution in [0.1, 0.15) is 11.1 Å². The van der Waals surface area contributed by atoms with Gasteiger partial charge in [0.2, 0.25) is 5.88 Å². The minimum Gasteiger partial charge on any atom is -0.438 e. The van der Waals surface area contributed by atoms with Crippen molar-refractivity contribution in [2.24, 2.45) is 0 Å². The van der Waals surface area contributed by atoms with Gasteiger partial charge in [-0.05, 0) is 23.8 Å². The van der Waals surface area contributed by atoms with Gasteiger partial charge in [0, 0.05) is 23.2 Å². The van der Waals surface area contributed by atoms with E-state index in [0.717, 1.165) is 23.3 Å². The van der Waals surface area contributed by atoms with Crippen LogP contribution < -0.4 is 4.74 Å². The second kappa shape index (κ2) is 3.24. The van der Waals surface area contributed by atoms with Crippen LogP contribution in [-0.2, 0) is 6.42 Å². The van der Waals surface area contributed by atoms with Gasteiger partial charge < -0.3 is 4.74 Å². The topological polar surface area (TPSA) is 22.1 Å². The summed E-state index contributed by atoms with van der Waals surface area (Å²) in [6.07, 6.45) is 2.59. The maximum absolute atomic E-state index is 5.90. The maximum Gasteiger partial charge on any atom is 0.222 e. The Kier molecular flexibility index (Phi) is 1.89. The van der Waals surface area contributed by atoms with E-state index in [4.69, 9.17) is 16.3 Å². The van der Waals surface area contributed by atoms with Crippen LogP contribution in [0.15, 0.2) is 36.5 Å². The molecular formula is C12H8ClNO. The number of fused-ring (bicyclic) bond motifs is 2. The zero-order valence-corrected chi connectivity index (χ0v) is 8.66. The Balaban J connectivity index is 2.11. The molecule has 74 valence electrons. The smallest absolute Gasteiger partial charge is 0.222 e. The fraction of sp³-hybridized carbons (Fsp3) is 0.0833. The number of hydrogen-bond acceptors (Lipinski definition) is 2. The molecule has 1 aromatic carbocycles. The zero-order valence-electron chi connectivity index (χ0n) is 7.90. The molecule has 0 amide bonds. The van der Waals surface area contributed by atoms with Crippen molar-refractivity contribution in [3.05, 3.63) is 52.7 Å². The summed E-state index contributed by atoms with van der Waals surface area (Å²) in [4.78, 5) is 4.18. The van der Waals surface area contributed by atoms with Gasteiger partial charge in [-0.3, -0.25) is 0 Å². The van der Waals surface area contributed by atoms with Crippen LogP contribution in [0.3, 0.4) is 0 Å². The first-order valence-corrected chi connectivity index (χ1v) is 5.11. The average Bonchev–Trinajstić information content (AvgIpc) is 2.26. The fourth-order valence-corrected chi connectivity index (χ4v) is 1.89. The van der Waals surface area contributed by atoms with Crippen molar-refractivity contribution in [2.45, 2.75) is 6.42 Å². The molecule has 0 fully saturated rings. The second-order valence-corrected chi connectivity index (χ2v) is 3.93. The third-order valence-electron chi connectivity index (χ3n) is 2.47. The summed E-state index contributed by atoms with van der Waals surface area (Å²) in [7, 11) is 0. The third-order valence-corrected chi connectivity index (χ3v) is 2.70. The van der Waals surface area contributed by atoms with Crippen molar-refractivity contribution in [3.63, 3.8) is 0 Å². The van der Waals surface area contributed by atoms with E-state index < -0.39 is 0 Å². The maximum atomic E-state index is 5.90. The molecule has 1 aliphatic heterocycles. The van der Waals surface area contributed by atoms with E-state index in [-0.39, 0.29) is 0 Å². The Hall–Kier alpha value is -1.54. The summed E-state index contributed by atoms with van der Waals surface area (Å²) < 4.78 is 5.66. The average molecular weight is 218 g/mol. The molecule has 0 bridgehead atoms. The van der Waals surface area contributed by atoms with Gasteiger partial charge in [0.1, 0.15) is 5.75 Å². The molecule has 1 aromatic heterocycles. The van der Waals surface area contributed by atoms with E-state index in [9.17, 15) is 0 Å². The van der Waals surface area contributed by atoms with Crippen LogP contribution >= 0.6 is 11.6 Å². The number of pyridine rings is 1. The van der Waals surface area contributed by atoms with E-state index in [1.165, 1.54) is 0 Å². The molecule has 2 heterocycles. The predicted molar refractivity (Wildman–Crippen MR) is 58.6 cm³/mol. The highest BCUT2D eigenvalue weighted by molar-refractivity contribution is 6.30. The van der Waals surface area contributed by atoms with Crippen LogP contribution in [0.5, 0.6) is 11.6 Å². The standard InChI is InChI=1S/C12H8ClNO/c13-10-4-3-8-6-9-2-1-5-14-12(9)15-11(8)7-10/h1-5,7H,6H2. The minimum atomic E-state index is 0.687. The number of benzene rings is 1. The Morgan fingerprint density at radius 1 is 1.20 bits per heavy atom. The van der Waals surface area contributed by atoms with Crippen molar-refractivity contribution in [3.8, 4) is 11.6 Å². The molecular weight excluding hydrogens is 210 g/mol. The van der Waals surface area contributed by atoms with Gasteiger partial charge in [-0.15, -0.1) is 0 Å². The molecule has 1 aliphatic rings. The molecule has 3 rings (SSSR count). The lowest BCUT2D eigenvalue weighted by atomic mass is 10.0. The number of nitrogens with zero attached hydrogens (tertiary/aromatic N) is 1. The summed E-state index contributed by atoms with van der Waals surface area (Å²) in [5, 5.41) is 0.688. The molecule has 0 N–H and O–H groups in total. The predicted octanol–water partition coefficient (Wildman–Crippen LogP) is 3.43. The quantitative estimate of drug-likeness (QED) is 0.576. The van der Waals surface area contributed by atoms with Gasteiger partial charge in [-0.1, -0.05) is 23.7 Å². The van der Waals surface area contributed by atoms with Crippen LogP contribution in [0, 0.1) is 0 Å². The van der Waals surface area contributed by atoms with Gasteiger partial charge in [-0.25, -0.2) is 4.98 Å². The summed E-state index contributed by atoms with van der Waals surface area (Å²) in [6, 6.07) is 9.65. The van der Waals surface area contributed by atoms with Gasteiger partial charge in [0.15, 0.2) is 0 Å². The Morgan fingerprint density at radius 2 is 2.13 bits per heavy atom. The Labute approximate surface area is 92.5 Å². The largest absolute Gasteiger partial charge is 0.438 e. The van der Waals surface area contributed by atoms with E-state index in [2.05, 4.69) is 4.98 Å². The molecule has 3 heteroatoms. The molecule has 0 spiro atoms. The highest BCUT2D eigenvalue weighted by atomic mass is 35.5. The lowest BCUT2D eigenvalue weighted by Gasteiger charge is -2.18. The second-order valence-electron chi connectivity index (χ2n) is 3.50. The first-order valence-electron chi connectivity index (χ1n) is 4.73. The Bertz CT molecular complexity index is 525. The molecule has 2 nitrogen and oxygen atoms in total. The SMILES string of the molecule is Clc1ccc2c(c1)Oc1ncccc1C2. The highest BCUT2D eigenvalue weighted by Crippen LogP contribution is 2.35. The summed E-state index contributed by atoms with van der Waals surface area (Å²) in [5.74, 6) is 1.50. The van der Waals surface area contributed by atoms with E-state index in [1.807, 2.05) is 30.3 Å². The lowest BCUT2D eigenvalue weighted by molar-refractivity contribution is 0.440. The molecule has 0 radical (unpaired) electrons. The van der Waals surface area contributed by atoms with Crippen molar-refractivity contribution in [2.75, 3.05) is 0 Å². The van der Waals surface area contributed by atoms with Crippen molar-refractivity contribution < 1.29 is 4.74 Å². The van der Waals surface area contributed by atoms with Crippen LogP contribution in [-0.4, -0.2) is 4.98 Å². The number of halogens is 1. The van der Waals surface area contributed by atoms with Crippen molar-refractivity contribution >= 4 is 11.6 Å². The van der Waals surface area contributed by atoms with Crippen molar-refractivity contribution in [1.29, 1.82) is 0 Å². The molecule has 0 saturated carbocycles. The first-order chi connectivity index (χ1) is 7.33. The van der Waals surface area contributed by atoms with Gasteiger partial charge in [0.05, 0.1) is 0 Å². The summed E-state index contributed by atoms with van der Waals surface area (Å²) >= 11 is 5.90.